The predicted octanol–water partition coefficient (Wildman–Crippen LogP) is 2.51. The Balaban J connectivity index is 1.77. The van der Waals surface area contributed by atoms with E-state index in [2.05, 4.69) is 9.88 Å². The first kappa shape index (κ1) is 15.8. The van der Waals surface area contributed by atoms with Gasteiger partial charge in [-0.1, -0.05) is 0 Å². The summed E-state index contributed by atoms with van der Waals surface area (Å²) in [6.07, 6.45) is 2.09. The fraction of sp³-hybridized carbons (Fsp3) is 0.412. The molecule has 1 N–H and O–H groups in total. The average Bonchev–Trinajstić information content (AvgIpc) is 3.07. The summed E-state index contributed by atoms with van der Waals surface area (Å²) in [7, 11) is 1.67. The van der Waals surface area contributed by atoms with E-state index >= 15 is 0 Å². The number of thiophene rings is 1. The van der Waals surface area contributed by atoms with Crippen LogP contribution in [0.5, 0.6) is 0 Å². The number of nitrogens with one attached hydrogen (secondary N) is 1. The molecule has 0 unspecified atom stereocenters. The molecular weight excluding hydrogens is 310 g/mol. The summed E-state index contributed by atoms with van der Waals surface area (Å²) in [5.41, 5.74) is 2.82. The zero-order chi connectivity index (χ0) is 16.6. The Morgan fingerprint density at radius 1 is 1.26 bits per heavy atom. The van der Waals surface area contributed by atoms with Gasteiger partial charge >= 0.3 is 0 Å². The summed E-state index contributed by atoms with van der Waals surface area (Å²) in [6, 6.07) is 6.22. The fourth-order valence-corrected chi connectivity index (χ4v) is 3.63. The number of likely N-dealkylation sites (N-methyl/N-ethyl adjacent to an activating group) is 1. The van der Waals surface area contributed by atoms with Gasteiger partial charge in [0.15, 0.2) is 0 Å². The fourth-order valence-electron chi connectivity index (χ4n) is 2.62. The van der Waals surface area contributed by atoms with Gasteiger partial charge in [-0.05, 0) is 50.3 Å². The predicted molar refractivity (Wildman–Crippen MR) is 91.2 cm³/mol. The number of rotatable bonds is 5. The van der Waals surface area contributed by atoms with Crippen molar-refractivity contribution in [2.75, 3.05) is 13.6 Å². The molecule has 3 rings (SSSR count). The number of amides is 2. The lowest BCUT2D eigenvalue weighted by Gasteiger charge is -2.18. The van der Waals surface area contributed by atoms with E-state index in [0.29, 0.717) is 11.6 Å². The highest BCUT2D eigenvalue weighted by atomic mass is 32.1. The van der Waals surface area contributed by atoms with Gasteiger partial charge in [0.25, 0.3) is 5.91 Å². The second kappa shape index (κ2) is 6.20. The van der Waals surface area contributed by atoms with Crippen molar-refractivity contribution < 1.29 is 9.59 Å². The molecule has 0 radical (unpaired) electrons. The van der Waals surface area contributed by atoms with E-state index in [1.54, 1.807) is 7.05 Å². The molecule has 2 amide bonds. The minimum absolute atomic E-state index is 0.0894. The lowest BCUT2D eigenvalue weighted by Crippen LogP contribution is -2.39. The highest BCUT2D eigenvalue weighted by Crippen LogP contribution is 2.26. The molecule has 1 aliphatic rings. The van der Waals surface area contributed by atoms with Crippen LogP contribution < -0.4 is 5.32 Å². The van der Waals surface area contributed by atoms with Gasteiger partial charge in [-0.15, -0.1) is 11.3 Å². The molecule has 2 heterocycles. The first-order valence-corrected chi connectivity index (χ1v) is 8.63. The summed E-state index contributed by atoms with van der Waals surface area (Å²) >= 11 is 1.54. The molecule has 122 valence electrons. The molecule has 2 aromatic rings. The van der Waals surface area contributed by atoms with Crippen molar-refractivity contribution in [2.24, 2.45) is 0 Å². The van der Waals surface area contributed by atoms with E-state index in [-0.39, 0.29) is 18.4 Å². The van der Waals surface area contributed by atoms with E-state index < -0.39 is 0 Å². The third-order valence-corrected chi connectivity index (χ3v) is 4.92. The summed E-state index contributed by atoms with van der Waals surface area (Å²) in [4.78, 5) is 26.1. The minimum Gasteiger partial charge on any atom is -0.352 e. The van der Waals surface area contributed by atoms with Crippen molar-refractivity contribution in [1.82, 2.24) is 14.8 Å². The molecule has 0 spiro atoms. The summed E-state index contributed by atoms with van der Waals surface area (Å²) in [5.74, 6) is -0.215. The van der Waals surface area contributed by atoms with Crippen LogP contribution in [0, 0.1) is 13.8 Å². The number of aromatic nitrogens is 1. The van der Waals surface area contributed by atoms with Crippen LogP contribution in [-0.4, -0.2) is 40.9 Å². The van der Waals surface area contributed by atoms with Gasteiger partial charge in [0.05, 0.1) is 12.1 Å². The zero-order valence-electron chi connectivity index (χ0n) is 13.6. The van der Waals surface area contributed by atoms with Gasteiger partial charge < -0.3 is 14.8 Å². The number of hydrogen-bond acceptors (Lipinski definition) is 3. The summed E-state index contributed by atoms with van der Waals surface area (Å²) in [6.45, 7) is 4.13. The van der Waals surface area contributed by atoms with Gasteiger partial charge in [-0.2, -0.15) is 0 Å². The second-order valence-corrected chi connectivity index (χ2v) is 6.99. The number of aryl methyl sites for hydroxylation is 2. The van der Waals surface area contributed by atoms with Crippen LogP contribution in [0.1, 0.15) is 34.6 Å². The molecule has 2 aromatic heterocycles. The molecule has 23 heavy (non-hydrogen) atoms. The van der Waals surface area contributed by atoms with E-state index in [0.717, 1.165) is 29.2 Å². The highest BCUT2D eigenvalue weighted by Gasteiger charge is 2.25. The number of carbonyl (C=O) groups excluding carboxylic acids is 2. The topological polar surface area (TPSA) is 54.3 Å². The second-order valence-electron chi connectivity index (χ2n) is 6.09. The maximum Gasteiger partial charge on any atom is 0.257 e. The molecule has 0 saturated heterocycles. The molecule has 0 aromatic carbocycles. The van der Waals surface area contributed by atoms with Crippen LogP contribution in [0.15, 0.2) is 23.6 Å². The van der Waals surface area contributed by atoms with Gasteiger partial charge in [0.1, 0.15) is 5.00 Å². The normalized spacial score (nSPS) is 13.9. The lowest BCUT2D eigenvalue weighted by molar-refractivity contribution is -0.121. The molecule has 1 saturated carbocycles. The largest absolute Gasteiger partial charge is 0.352 e. The molecule has 0 atom stereocenters. The standard InChI is InChI=1S/C17H21N3O2S/c1-11-4-5-12(2)20(11)17-14(8-9-23-17)16(22)19(3)10-15(21)18-13-6-7-13/h4-5,8-9,13H,6-7,10H2,1-3H3,(H,18,21). The SMILES string of the molecule is Cc1ccc(C)n1-c1sccc1C(=O)N(C)CC(=O)NC1CC1. The Kier molecular flexibility index (Phi) is 4.26. The van der Waals surface area contributed by atoms with E-state index in [1.807, 2.05) is 37.4 Å². The van der Waals surface area contributed by atoms with Crippen LogP contribution >= 0.6 is 11.3 Å². The van der Waals surface area contributed by atoms with Crippen LogP contribution in [0.4, 0.5) is 0 Å². The van der Waals surface area contributed by atoms with Crippen molar-refractivity contribution >= 4 is 23.2 Å². The van der Waals surface area contributed by atoms with Crippen molar-refractivity contribution in [3.8, 4) is 5.00 Å². The maximum atomic E-state index is 12.7. The van der Waals surface area contributed by atoms with Gasteiger partial charge in [-0.25, -0.2) is 0 Å². The smallest absolute Gasteiger partial charge is 0.257 e. The zero-order valence-corrected chi connectivity index (χ0v) is 14.4. The van der Waals surface area contributed by atoms with Crippen LogP contribution in [0.25, 0.3) is 5.00 Å². The molecule has 0 aliphatic heterocycles. The third kappa shape index (κ3) is 3.32. The first-order chi connectivity index (χ1) is 11.0. The Morgan fingerprint density at radius 2 is 1.91 bits per heavy atom. The molecule has 1 fully saturated rings. The van der Waals surface area contributed by atoms with Gasteiger partial charge in [0, 0.05) is 24.5 Å². The van der Waals surface area contributed by atoms with Crippen LogP contribution in [0.3, 0.4) is 0 Å². The monoisotopic (exact) mass is 331 g/mol. The summed E-state index contributed by atoms with van der Waals surface area (Å²) < 4.78 is 2.08. The van der Waals surface area contributed by atoms with E-state index in [1.165, 1.54) is 16.2 Å². The number of nitrogens with zero attached hydrogens (tertiary/aromatic N) is 2. The molecule has 1 aliphatic carbocycles. The minimum atomic E-state index is -0.125. The average molecular weight is 331 g/mol. The molecule has 5 nitrogen and oxygen atoms in total. The van der Waals surface area contributed by atoms with Gasteiger partial charge in [0.2, 0.25) is 5.91 Å². The molecule has 0 bridgehead atoms. The van der Waals surface area contributed by atoms with Crippen LogP contribution in [-0.2, 0) is 4.79 Å². The Hall–Kier alpha value is -2.08. The van der Waals surface area contributed by atoms with Crippen molar-refractivity contribution in [1.29, 1.82) is 0 Å². The third-order valence-electron chi connectivity index (χ3n) is 4.02. The Labute approximate surface area is 139 Å². The number of hydrogen-bond donors (Lipinski definition) is 1. The maximum absolute atomic E-state index is 12.7. The molecular formula is C17H21N3O2S. The Morgan fingerprint density at radius 3 is 2.52 bits per heavy atom. The van der Waals surface area contributed by atoms with Crippen molar-refractivity contribution in [3.63, 3.8) is 0 Å². The lowest BCUT2D eigenvalue weighted by atomic mass is 10.2. The van der Waals surface area contributed by atoms with E-state index in [9.17, 15) is 9.59 Å². The quantitative estimate of drug-likeness (QED) is 0.915. The highest BCUT2D eigenvalue weighted by molar-refractivity contribution is 7.13. The molecule has 6 heteroatoms. The van der Waals surface area contributed by atoms with Gasteiger partial charge in [-0.3, -0.25) is 9.59 Å². The van der Waals surface area contributed by atoms with Crippen LogP contribution in [0.2, 0.25) is 0 Å². The first-order valence-electron chi connectivity index (χ1n) is 7.75. The van der Waals surface area contributed by atoms with Crippen molar-refractivity contribution in [2.45, 2.75) is 32.7 Å². The van der Waals surface area contributed by atoms with E-state index in [4.69, 9.17) is 0 Å². The Bertz CT molecular complexity index is 723. The number of carbonyl (C=O) groups is 2. The van der Waals surface area contributed by atoms with Crippen molar-refractivity contribution in [3.05, 3.63) is 40.5 Å². The summed E-state index contributed by atoms with van der Waals surface area (Å²) in [5, 5.41) is 5.73.